The van der Waals surface area contributed by atoms with Gasteiger partial charge in [0.25, 0.3) is 0 Å². The van der Waals surface area contributed by atoms with Crippen LogP contribution in [0.3, 0.4) is 0 Å². The normalized spacial score (nSPS) is 22.0. The van der Waals surface area contributed by atoms with Gasteiger partial charge in [-0.05, 0) is 18.5 Å². The molecule has 1 fully saturated rings. The summed E-state index contributed by atoms with van der Waals surface area (Å²) in [6.07, 6.45) is 1.26. The average molecular weight is 180 g/mol. The van der Waals surface area contributed by atoms with Crippen molar-refractivity contribution in [3.05, 3.63) is 35.9 Å². The van der Waals surface area contributed by atoms with Gasteiger partial charge in [0.15, 0.2) is 0 Å². The van der Waals surface area contributed by atoms with Gasteiger partial charge in [-0.1, -0.05) is 30.3 Å². The van der Waals surface area contributed by atoms with E-state index in [0.717, 1.165) is 19.6 Å². The third-order valence-electron chi connectivity index (χ3n) is 2.50. The van der Waals surface area contributed by atoms with E-state index in [0.29, 0.717) is 6.04 Å². The van der Waals surface area contributed by atoms with Crippen molar-refractivity contribution in [3.8, 4) is 0 Å². The third-order valence-corrected chi connectivity index (χ3v) is 2.50. The lowest BCUT2D eigenvalue weighted by Crippen LogP contribution is -2.30. The summed E-state index contributed by atoms with van der Waals surface area (Å²) < 4.78 is 0. The molecule has 74 valence electrons. The van der Waals surface area contributed by atoms with Gasteiger partial charge in [0, 0.05) is 22.0 Å². The van der Waals surface area contributed by atoms with Crippen LogP contribution in [0.1, 0.15) is 14.8 Å². The van der Waals surface area contributed by atoms with Crippen LogP contribution in [0, 0.1) is 0 Å². The summed E-state index contributed by atoms with van der Waals surface area (Å²) in [5.74, 6) is 0. The van der Waals surface area contributed by atoms with E-state index in [1.54, 1.807) is 0 Å². The Morgan fingerprint density at radius 1 is 1.38 bits per heavy atom. The van der Waals surface area contributed by atoms with Crippen molar-refractivity contribution in [3.63, 3.8) is 0 Å². The molecule has 1 aromatic rings. The maximum atomic E-state index is 3.54. The minimum atomic E-state index is 0. The largest absolute Gasteiger partial charge is 0.315 e. The topological polar surface area (TPSA) is 24.1 Å². The molecule has 0 bridgehead atoms. The molecule has 0 amide bonds. The minimum Gasteiger partial charge on any atom is -0.315 e. The first-order chi connectivity index (χ1) is 6.45. The third kappa shape index (κ3) is 2.54. The second kappa shape index (κ2) is 4.40. The zero-order chi connectivity index (χ0) is 8.93. The van der Waals surface area contributed by atoms with E-state index >= 15 is 0 Å². The lowest BCUT2D eigenvalue weighted by atomic mass is 10.2. The molecule has 1 unspecified atom stereocenters. The van der Waals surface area contributed by atoms with Crippen LogP contribution in [0.2, 0.25) is 0 Å². The number of hydrogen-bond acceptors (Lipinski definition) is 2. The number of nitrogens with one attached hydrogen (secondary N) is 2. The van der Waals surface area contributed by atoms with E-state index in [-0.39, 0.29) is 2.85 Å². The van der Waals surface area contributed by atoms with Crippen molar-refractivity contribution < 1.29 is 2.85 Å². The SMILES string of the molecule is [HH].[HH].c1ccc(CNC2CCNC2)cc1. The molecule has 1 aliphatic rings. The molecule has 1 atom stereocenters. The maximum absolute atomic E-state index is 3.54. The summed E-state index contributed by atoms with van der Waals surface area (Å²) in [5, 5.41) is 6.88. The van der Waals surface area contributed by atoms with Gasteiger partial charge >= 0.3 is 0 Å². The molecule has 0 saturated carbocycles. The monoisotopic (exact) mass is 180 g/mol. The zero-order valence-electron chi connectivity index (χ0n) is 7.79. The Bertz CT molecular complexity index is 248. The predicted molar refractivity (Wildman–Crippen MR) is 58.8 cm³/mol. The highest BCUT2D eigenvalue weighted by atomic mass is 15.0. The molecular weight excluding hydrogens is 160 g/mol. The van der Waals surface area contributed by atoms with Gasteiger partial charge in [-0.25, -0.2) is 0 Å². The van der Waals surface area contributed by atoms with Gasteiger partial charge < -0.3 is 10.6 Å². The Hall–Kier alpha value is -0.860. The van der Waals surface area contributed by atoms with E-state index in [1.807, 2.05) is 0 Å². The summed E-state index contributed by atoms with van der Waals surface area (Å²) in [6.45, 7) is 3.27. The lowest BCUT2D eigenvalue weighted by Gasteiger charge is -2.10. The fourth-order valence-corrected chi connectivity index (χ4v) is 1.69. The highest BCUT2D eigenvalue weighted by Gasteiger charge is 2.12. The molecule has 2 N–H and O–H groups in total. The van der Waals surface area contributed by atoms with Crippen LogP contribution < -0.4 is 10.6 Å². The van der Waals surface area contributed by atoms with E-state index in [1.165, 1.54) is 12.0 Å². The molecule has 0 spiro atoms. The van der Waals surface area contributed by atoms with Crippen molar-refractivity contribution >= 4 is 0 Å². The highest BCUT2D eigenvalue weighted by molar-refractivity contribution is 5.14. The molecular formula is C11H20N2. The molecule has 13 heavy (non-hydrogen) atoms. The lowest BCUT2D eigenvalue weighted by molar-refractivity contribution is 0.547. The van der Waals surface area contributed by atoms with Crippen LogP contribution in [0.5, 0.6) is 0 Å². The molecule has 0 aliphatic carbocycles. The van der Waals surface area contributed by atoms with Gasteiger partial charge in [0.05, 0.1) is 0 Å². The number of rotatable bonds is 3. The molecule has 2 rings (SSSR count). The first kappa shape index (κ1) is 8.73. The van der Waals surface area contributed by atoms with E-state index in [2.05, 4.69) is 41.0 Å². The Balaban J connectivity index is 0.000000980. The quantitative estimate of drug-likeness (QED) is 0.739. The highest BCUT2D eigenvalue weighted by Crippen LogP contribution is 2.01. The average Bonchev–Trinajstić information content (AvgIpc) is 2.69. The smallest absolute Gasteiger partial charge is 0.0208 e. The minimum absolute atomic E-state index is 0. The fraction of sp³-hybridized carbons (Fsp3) is 0.455. The summed E-state index contributed by atoms with van der Waals surface area (Å²) in [4.78, 5) is 0. The molecule has 1 aromatic carbocycles. The summed E-state index contributed by atoms with van der Waals surface area (Å²) >= 11 is 0. The first-order valence-electron chi connectivity index (χ1n) is 4.93. The van der Waals surface area contributed by atoms with Crippen LogP contribution in [-0.4, -0.2) is 19.1 Å². The Kier molecular flexibility index (Phi) is 2.95. The van der Waals surface area contributed by atoms with Crippen LogP contribution in [0.4, 0.5) is 0 Å². The number of benzene rings is 1. The van der Waals surface area contributed by atoms with Gasteiger partial charge in [-0.15, -0.1) is 0 Å². The second-order valence-corrected chi connectivity index (χ2v) is 3.56. The second-order valence-electron chi connectivity index (χ2n) is 3.56. The van der Waals surface area contributed by atoms with Crippen LogP contribution in [0.15, 0.2) is 30.3 Å². The summed E-state index contributed by atoms with van der Waals surface area (Å²) in [6, 6.07) is 11.2. The van der Waals surface area contributed by atoms with Crippen LogP contribution in [-0.2, 0) is 6.54 Å². The summed E-state index contributed by atoms with van der Waals surface area (Å²) in [5.41, 5.74) is 1.37. The Morgan fingerprint density at radius 3 is 2.92 bits per heavy atom. The molecule has 1 saturated heterocycles. The van der Waals surface area contributed by atoms with Crippen LogP contribution in [0.25, 0.3) is 0 Å². The van der Waals surface area contributed by atoms with Gasteiger partial charge in [0.2, 0.25) is 0 Å². The molecule has 1 heterocycles. The molecule has 2 nitrogen and oxygen atoms in total. The van der Waals surface area contributed by atoms with Gasteiger partial charge in [-0.3, -0.25) is 0 Å². The molecule has 0 aromatic heterocycles. The van der Waals surface area contributed by atoms with E-state index < -0.39 is 0 Å². The predicted octanol–water partition coefficient (Wildman–Crippen LogP) is 1.63. The Labute approximate surface area is 82.3 Å². The fourth-order valence-electron chi connectivity index (χ4n) is 1.69. The maximum Gasteiger partial charge on any atom is 0.0208 e. The van der Waals surface area contributed by atoms with Crippen molar-refractivity contribution in [2.24, 2.45) is 0 Å². The first-order valence-corrected chi connectivity index (χ1v) is 4.93. The zero-order valence-corrected chi connectivity index (χ0v) is 7.79. The molecule has 0 radical (unpaired) electrons. The van der Waals surface area contributed by atoms with Crippen molar-refractivity contribution in [2.75, 3.05) is 13.1 Å². The van der Waals surface area contributed by atoms with E-state index in [9.17, 15) is 0 Å². The summed E-state index contributed by atoms with van der Waals surface area (Å²) in [7, 11) is 0. The standard InChI is InChI=1S/C11H16N2.2H2/c1-2-4-10(5-3-1)8-13-11-6-7-12-9-11;;/h1-5,11-13H,6-9H2;2*1H. The molecule has 1 aliphatic heterocycles. The number of hydrogen-bond donors (Lipinski definition) is 2. The van der Waals surface area contributed by atoms with Gasteiger partial charge in [-0.2, -0.15) is 0 Å². The van der Waals surface area contributed by atoms with Gasteiger partial charge in [0.1, 0.15) is 0 Å². The Morgan fingerprint density at radius 2 is 2.23 bits per heavy atom. The van der Waals surface area contributed by atoms with Crippen molar-refractivity contribution in [1.82, 2.24) is 10.6 Å². The van der Waals surface area contributed by atoms with Crippen molar-refractivity contribution in [2.45, 2.75) is 19.0 Å². The van der Waals surface area contributed by atoms with Crippen LogP contribution >= 0.6 is 0 Å². The molecule has 2 heteroatoms. The van der Waals surface area contributed by atoms with Crippen molar-refractivity contribution in [1.29, 1.82) is 0 Å². The van der Waals surface area contributed by atoms with E-state index in [4.69, 9.17) is 0 Å².